The summed E-state index contributed by atoms with van der Waals surface area (Å²) in [5.74, 6) is 0.948. The summed E-state index contributed by atoms with van der Waals surface area (Å²) in [6.07, 6.45) is 0. The van der Waals surface area contributed by atoms with E-state index in [-0.39, 0.29) is 0 Å². The van der Waals surface area contributed by atoms with E-state index < -0.39 is 0 Å². The summed E-state index contributed by atoms with van der Waals surface area (Å²) >= 11 is 0. The third kappa shape index (κ3) is 4.20. The van der Waals surface area contributed by atoms with Gasteiger partial charge in [-0.1, -0.05) is 17.7 Å². The molecule has 1 aliphatic rings. The summed E-state index contributed by atoms with van der Waals surface area (Å²) in [5, 5.41) is 0. The highest BCUT2D eigenvalue weighted by molar-refractivity contribution is 5.26. The highest BCUT2D eigenvalue weighted by Crippen LogP contribution is 2.12. The van der Waals surface area contributed by atoms with Gasteiger partial charge in [-0.05, 0) is 26.1 Å². The third-order valence-corrected chi connectivity index (χ3v) is 3.75. The van der Waals surface area contributed by atoms with E-state index in [2.05, 4.69) is 35.9 Å². The number of likely N-dealkylation sites (N-methyl/N-ethyl adjacent to an activating group) is 1. The van der Waals surface area contributed by atoms with Crippen LogP contribution in [0.25, 0.3) is 0 Å². The molecule has 0 radical (unpaired) electrons. The number of ether oxygens (including phenoxy) is 1. The van der Waals surface area contributed by atoms with Crippen LogP contribution in [0.4, 0.5) is 0 Å². The molecule has 19 heavy (non-hydrogen) atoms. The number of aryl methyl sites for hydroxylation is 1. The van der Waals surface area contributed by atoms with Crippen LogP contribution in [0.2, 0.25) is 0 Å². The molecule has 2 rings (SSSR count). The van der Waals surface area contributed by atoms with E-state index >= 15 is 0 Å². The molecule has 1 aromatic rings. The number of hydrogen-bond donors (Lipinski definition) is 1. The van der Waals surface area contributed by atoms with Crippen LogP contribution in [0.3, 0.4) is 0 Å². The molecule has 4 heteroatoms. The average Bonchev–Trinajstić information content (AvgIpc) is 2.42. The summed E-state index contributed by atoms with van der Waals surface area (Å²) in [7, 11) is 2.16. The van der Waals surface area contributed by atoms with Crippen molar-refractivity contribution in [3.05, 3.63) is 29.8 Å². The van der Waals surface area contributed by atoms with E-state index in [1.807, 2.05) is 12.1 Å². The van der Waals surface area contributed by atoms with Crippen LogP contribution < -0.4 is 10.5 Å². The van der Waals surface area contributed by atoms with Crippen LogP contribution in [0.1, 0.15) is 5.56 Å². The molecule has 1 saturated heterocycles. The quantitative estimate of drug-likeness (QED) is 0.859. The lowest BCUT2D eigenvalue weighted by Crippen LogP contribution is -2.55. The predicted octanol–water partition coefficient (Wildman–Crippen LogP) is 0.949. The molecular formula is C15H25N3O. The van der Waals surface area contributed by atoms with Crippen molar-refractivity contribution in [2.75, 3.05) is 46.4 Å². The molecule has 1 aliphatic heterocycles. The van der Waals surface area contributed by atoms with Crippen LogP contribution >= 0.6 is 0 Å². The zero-order valence-electron chi connectivity index (χ0n) is 12.0. The van der Waals surface area contributed by atoms with Crippen molar-refractivity contribution in [3.63, 3.8) is 0 Å². The zero-order chi connectivity index (χ0) is 13.7. The Kier molecular flexibility index (Phi) is 5.19. The van der Waals surface area contributed by atoms with Crippen molar-refractivity contribution in [3.8, 4) is 5.75 Å². The van der Waals surface area contributed by atoms with Gasteiger partial charge in [0.25, 0.3) is 0 Å². The molecule has 1 unspecified atom stereocenters. The molecule has 1 atom stereocenters. The molecule has 0 spiro atoms. The molecule has 0 amide bonds. The van der Waals surface area contributed by atoms with Crippen molar-refractivity contribution in [2.45, 2.75) is 13.0 Å². The maximum Gasteiger partial charge on any atom is 0.119 e. The number of nitrogens with zero attached hydrogens (tertiary/aromatic N) is 2. The normalized spacial score (nSPS) is 21.5. The Hall–Kier alpha value is -1.10. The van der Waals surface area contributed by atoms with Gasteiger partial charge < -0.3 is 15.4 Å². The standard InChI is InChI=1S/C15H25N3O/c1-13-3-5-15(6-4-13)19-10-9-18-8-7-17(2)12-14(18)11-16/h3-6,14H,7-12,16H2,1-2H3. The van der Waals surface area contributed by atoms with E-state index in [1.165, 1.54) is 5.56 Å². The van der Waals surface area contributed by atoms with Gasteiger partial charge in [-0.2, -0.15) is 0 Å². The van der Waals surface area contributed by atoms with E-state index in [1.54, 1.807) is 0 Å². The molecule has 2 N–H and O–H groups in total. The monoisotopic (exact) mass is 263 g/mol. The Balaban J connectivity index is 1.77. The predicted molar refractivity (Wildman–Crippen MR) is 78.6 cm³/mol. The van der Waals surface area contributed by atoms with Gasteiger partial charge >= 0.3 is 0 Å². The minimum absolute atomic E-state index is 0.459. The van der Waals surface area contributed by atoms with Crippen molar-refractivity contribution in [1.29, 1.82) is 0 Å². The first-order valence-corrected chi connectivity index (χ1v) is 7.01. The smallest absolute Gasteiger partial charge is 0.119 e. The van der Waals surface area contributed by atoms with Crippen molar-refractivity contribution in [1.82, 2.24) is 9.80 Å². The van der Waals surface area contributed by atoms with Gasteiger partial charge in [0.05, 0.1) is 0 Å². The number of nitrogens with two attached hydrogens (primary N) is 1. The van der Waals surface area contributed by atoms with Crippen LogP contribution in [0.15, 0.2) is 24.3 Å². The fourth-order valence-electron chi connectivity index (χ4n) is 2.48. The van der Waals surface area contributed by atoms with Gasteiger partial charge in [0, 0.05) is 38.8 Å². The number of hydrogen-bond acceptors (Lipinski definition) is 4. The molecule has 0 saturated carbocycles. The maximum absolute atomic E-state index is 5.85. The fourth-order valence-corrected chi connectivity index (χ4v) is 2.48. The SMILES string of the molecule is Cc1ccc(OCCN2CCN(C)CC2CN)cc1. The van der Waals surface area contributed by atoms with E-state index in [4.69, 9.17) is 10.5 Å². The van der Waals surface area contributed by atoms with Crippen LogP contribution in [0.5, 0.6) is 5.75 Å². The van der Waals surface area contributed by atoms with Gasteiger partial charge in [-0.15, -0.1) is 0 Å². The Morgan fingerprint density at radius 1 is 1.26 bits per heavy atom. The molecular weight excluding hydrogens is 238 g/mol. The Labute approximate surface area is 116 Å². The van der Waals surface area contributed by atoms with Gasteiger partial charge in [0.15, 0.2) is 0 Å². The van der Waals surface area contributed by atoms with E-state index in [0.29, 0.717) is 6.04 Å². The van der Waals surface area contributed by atoms with E-state index in [9.17, 15) is 0 Å². The minimum atomic E-state index is 0.459. The Morgan fingerprint density at radius 3 is 2.68 bits per heavy atom. The van der Waals surface area contributed by atoms with Crippen molar-refractivity contribution >= 4 is 0 Å². The maximum atomic E-state index is 5.85. The molecule has 4 nitrogen and oxygen atoms in total. The highest BCUT2D eigenvalue weighted by atomic mass is 16.5. The fraction of sp³-hybridized carbons (Fsp3) is 0.600. The number of rotatable bonds is 5. The Bertz CT molecular complexity index is 379. The van der Waals surface area contributed by atoms with Crippen molar-refractivity contribution < 1.29 is 4.74 Å². The second kappa shape index (κ2) is 6.89. The topological polar surface area (TPSA) is 41.7 Å². The second-order valence-corrected chi connectivity index (χ2v) is 5.35. The molecule has 1 aromatic carbocycles. The average molecular weight is 263 g/mol. The first-order valence-electron chi connectivity index (χ1n) is 7.01. The van der Waals surface area contributed by atoms with E-state index in [0.717, 1.165) is 45.1 Å². The summed E-state index contributed by atoms with van der Waals surface area (Å²) < 4.78 is 5.79. The highest BCUT2D eigenvalue weighted by Gasteiger charge is 2.23. The molecule has 0 aliphatic carbocycles. The molecule has 0 aromatic heterocycles. The lowest BCUT2D eigenvalue weighted by atomic mass is 10.2. The van der Waals surface area contributed by atoms with Crippen LogP contribution in [-0.2, 0) is 0 Å². The van der Waals surface area contributed by atoms with Crippen LogP contribution in [0, 0.1) is 6.92 Å². The summed E-state index contributed by atoms with van der Waals surface area (Å²) in [4.78, 5) is 4.78. The summed E-state index contributed by atoms with van der Waals surface area (Å²) in [5.41, 5.74) is 7.11. The van der Waals surface area contributed by atoms with Crippen LogP contribution in [-0.4, -0.2) is 62.2 Å². The van der Waals surface area contributed by atoms with Gasteiger partial charge in [-0.3, -0.25) is 4.90 Å². The third-order valence-electron chi connectivity index (χ3n) is 3.75. The summed E-state index contributed by atoms with van der Waals surface area (Å²) in [6.45, 7) is 7.72. The first kappa shape index (κ1) is 14.3. The molecule has 1 fully saturated rings. The van der Waals surface area contributed by atoms with Gasteiger partial charge in [0.1, 0.15) is 12.4 Å². The number of piperazine rings is 1. The summed E-state index contributed by atoms with van der Waals surface area (Å²) in [6, 6.07) is 8.67. The molecule has 1 heterocycles. The number of benzene rings is 1. The van der Waals surface area contributed by atoms with Gasteiger partial charge in [0.2, 0.25) is 0 Å². The molecule has 106 valence electrons. The van der Waals surface area contributed by atoms with Crippen molar-refractivity contribution in [2.24, 2.45) is 5.73 Å². The lowest BCUT2D eigenvalue weighted by Gasteiger charge is -2.39. The Morgan fingerprint density at radius 2 is 2.00 bits per heavy atom. The van der Waals surface area contributed by atoms with Gasteiger partial charge in [-0.25, -0.2) is 0 Å². The zero-order valence-corrected chi connectivity index (χ0v) is 12.0. The molecule has 0 bridgehead atoms. The largest absolute Gasteiger partial charge is 0.492 e. The second-order valence-electron chi connectivity index (χ2n) is 5.35. The minimum Gasteiger partial charge on any atom is -0.492 e. The lowest BCUT2D eigenvalue weighted by molar-refractivity contribution is 0.0807. The first-order chi connectivity index (χ1) is 9.19.